The predicted molar refractivity (Wildman–Crippen MR) is 151 cm³/mol. The minimum Gasteiger partial charge on any atom is -0.477 e. The first kappa shape index (κ1) is 25.1. The average molecular weight is 539 g/mol. The summed E-state index contributed by atoms with van der Waals surface area (Å²) in [4.78, 5) is 14.0. The van der Waals surface area contributed by atoms with E-state index < -0.39 is 5.97 Å². The number of carboxylic acids is 1. The lowest BCUT2D eigenvalue weighted by Gasteiger charge is -2.40. The van der Waals surface area contributed by atoms with Crippen molar-refractivity contribution in [3.63, 3.8) is 0 Å². The lowest BCUT2D eigenvalue weighted by atomic mass is 9.97. The van der Waals surface area contributed by atoms with Crippen LogP contribution in [-0.2, 0) is 18.4 Å². The smallest absolute Gasteiger partial charge is 0.354 e. The van der Waals surface area contributed by atoms with Gasteiger partial charge in [-0.2, -0.15) is 5.10 Å². The van der Waals surface area contributed by atoms with Crippen LogP contribution in [-0.4, -0.2) is 44.2 Å². The van der Waals surface area contributed by atoms with Crippen LogP contribution >= 0.6 is 0 Å². The lowest BCUT2D eigenvalue weighted by molar-refractivity contribution is 0.0147. The standard InChI is InChI=1S/C32H34N4O4/c1-19-5-3-4-6-26(19)30-27(31(40-34-30)21-7-8-21)18-39-25-15-23-13-14-24(16-25)36(23)22-11-9-20(10-12-22)28-17-29(32(37)38)35(2)33-28/h3-6,9-12,17,21,23-25H,7-8,13-16,18H2,1-2H3,(H,37,38)/t23-,24+,25+. The lowest BCUT2D eigenvalue weighted by Crippen LogP contribution is -2.45. The molecule has 0 unspecified atom stereocenters. The maximum atomic E-state index is 11.4. The molecule has 7 rings (SSSR count). The summed E-state index contributed by atoms with van der Waals surface area (Å²) < 4.78 is 13.9. The molecule has 3 fully saturated rings. The van der Waals surface area contributed by atoms with Crippen LogP contribution in [0.2, 0.25) is 0 Å². The summed E-state index contributed by atoms with van der Waals surface area (Å²) in [6, 6.07) is 19.3. The first-order valence-corrected chi connectivity index (χ1v) is 14.3. The van der Waals surface area contributed by atoms with E-state index in [1.54, 1.807) is 13.1 Å². The summed E-state index contributed by atoms with van der Waals surface area (Å²) in [5.41, 5.74) is 7.36. The molecule has 4 aromatic rings. The van der Waals surface area contributed by atoms with Gasteiger partial charge in [-0.25, -0.2) is 4.79 Å². The third-order valence-electron chi connectivity index (χ3n) is 8.88. The van der Waals surface area contributed by atoms with Crippen LogP contribution in [0.15, 0.2) is 59.1 Å². The van der Waals surface area contributed by atoms with Crippen molar-refractivity contribution < 1.29 is 19.2 Å². The Balaban J connectivity index is 1.05. The summed E-state index contributed by atoms with van der Waals surface area (Å²) in [5.74, 6) is 0.521. The number of aromatic carboxylic acids is 1. The van der Waals surface area contributed by atoms with Gasteiger partial charge in [0.25, 0.3) is 0 Å². The number of carbonyl (C=O) groups is 1. The molecule has 40 heavy (non-hydrogen) atoms. The highest BCUT2D eigenvalue weighted by atomic mass is 16.5. The maximum Gasteiger partial charge on any atom is 0.354 e. The Bertz CT molecular complexity index is 1540. The van der Waals surface area contributed by atoms with Crippen molar-refractivity contribution in [2.45, 2.75) is 76.2 Å². The van der Waals surface area contributed by atoms with Crippen LogP contribution in [0.4, 0.5) is 5.69 Å². The van der Waals surface area contributed by atoms with E-state index in [2.05, 4.69) is 58.5 Å². The van der Waals surface area contributed by atoms with Crippen LogP contribution < -0.4 is 4.90 Å². The van der Waals surface area contributed by atoms with Gasteiger partial charge in [-0.15, -0.1) is 0 Å². The van der Waals surface area contributed by atoms with E-state index in [-0.39, 0.29) is 11.8 Å². The molecule has 3 aliphatic rings. The van der Waals surface area contributed by atoms with Crippen molar-refractivity contribution in [1.29, 1.82) is 0 Å². The van der Waals surface area contributed by atoms with Gasteiger partial charge in [0, 0.05) is 47.4 Å². The fourth-order valence-electron chi connectivity index (χ4n) is 6.68. The molecule has 4 heterocycles. The number of fused-ring (bicyclic) bond motifs is 2. The summed E-state index contributed by atoms with van der Waals surface area (Å²) in [7, 11) is 1.66. The number of aryl methyl sites for hydroxylation is 2. The number of piperidine rings is 1. The molecule has 206 valence electrons. The number of benzene rings is 2. The highest BCUT2D eigenvalue weighted by molar-refractivity contribution is 5.87. The van der Waals surface area contributed by atoms with Crippen molar-refractivity contribution in [2.75, 3.05) is 4.90 Å². The molecule has 1 N–H and O–H groups in total. The minimum atomic E-state index is -0.973. The molecule has 3 atom stereocenters. The molecule has 2 aromatic heterocycles. The Morgan fingerprint density at radius 3 is 2.42 bits per heavy atom. The average Bonchev–Trinajstić information content (AvgIpc) is 3.50. The van der Waals surface area contributed by atoms with E-state index in [0.29, 0.717) is 30.3 Å². The number of hydrogen-bond acceptors (Lipinski definition) is 6. The Morgan fingerprint density at radius 2 is 1.77 bits per heavy atom. The first-order chi connectivity index (χ1) is 19.5. The fraction of sp³-hybridized carbons (Fsp3) is 0.406. The van der Waals surface area contributed by atoms with Crippen molar-refractivity contribution in [2.24, 2.45) is 7.05 Å². The molecule has 2 saturated heterocycles. The number of ether oxygens (including phenoxy) is 1. The van der Waals surface area contributed by atoms with Crippen LogP contribution in [0.1, 0.15) is 71.8 Å². The summed E-state index contributed by atoms with van der Waals surface area (Å²) in [6.45, 7) is 2.66. The molecule has 8 heteroatoms. The Morgan fingerprint density at radius 1 is 1.05 bits per heavy atom. The van der Waals surface area contributed by atoms with Gasteiger partial charge < -0.3 is 19.3 Å². The number of nitrogens with zero attached hydrogens (tertiary/aromatic N) is 4. The zero-order valence-electron chi connectivity index (χ0n) is 22.9. The second-order valence-electron chi connectivity index (χ2n) is 11.6. The van der Waals surface area contributed by atoms with Crippen molar-refractivity contribution in [3.05, 3.63) is 77.2 Å². The van der Waals surface area contributed by atoms with E-state index in [9.17, 15) is 9.90 Å². The van der Waals surface area contributed by atoms with E-state index in [1.807, 2.05) is 12.1 Å². The Labute approximate surface area is 233 Å². The highest BCUT2D eigenvalue weighted by Gasteiger charge is 2.42. The van der Waals surface area contributed by atoms with E-state index in [4.69, 9.17) is 9.26 Å². The van der Waals surface area contributed by atoms with Gasteiger partial charge in [0.15, 0.2) is 0 Å². The molecule has 0 spiro atoms. The maximum absolute atomic E-state index is 11.4. The summed E-state index contributed by atoms with van der Waals surface area (Å²) in [5, 5.41) is 18.2. The molecule has 0 amide bonds. The number of hydrogen-bond donors (Lipinski definition) is 1. The predicted octanol–water partition coefficient (Wildman–Crippen LogP) is 6.34. The molecule has 2 aromatic carbocycles. The van der Waals surface area contributed by atoms with Gasteiger partial charge in [0.2, 0.25) is 0 Å². The number of anilines is 1. The fourth-order valence-corrected chi connectivity index (χ4v) is 6.68. The molecule has 8 nitrogen and oxygen atoms in total. The molecular formula is C32H34N4O4. The van der Waals surface area contributed by atoms with Gasteiger partial charge >= 0.3 is 5.97 Å². The van der Waals surface area contributed by atoms with Crippen LogP contribution in [0, 0.1) is 6.92 Å². The molecule has 2 bridgehead atoms. The van der Waals surface area contributed by atoms with Gasteiger partial charge in [-0.05, 0) is 69.2 Å². The second-order valence-corrected chi connectivity index (χ2v) is 11.6. The highest BCUT2D eigenvalue weighted by Crippen LogP contribution is 2.45. The number of aromatic nitrogens is 3. The van der Waals surface area contributed by atoms with E-state index in [0.717, 1.165) is 53.8 Å². The van der Waals surface area contributed by atoms with E-state index >= 15 is 0 Å². The van der Waals surface area contributed by atoms with Crippen molar-refractivity contribution >= 4 is 11.7 Å². The van der Waals surface area contributed by atoms with Gasteiger partial charge in [-0.3, -0.25) is 4.68 Å². The largest absolute Gasteiger partial charge is 0.477 e. The zero-order chi connectivity index (χ0) is 27.4. The van der Waals surface area contributed by atoms with Gasteiger partial charge in [0.1, 0.15) is 17.1 Å². The number of carboxylic acid groups (broad SMARTS) is 1. The Hall–Kier alpha value is -3.91. The van der Waals surface area contributed by atoms with E-state index in [1.165, 1.54) is 28.8 Å². The van der Waals surface area contributed by atoms with Gasteiger partial charge in [0.05, 0.1) is 18.4 Å². The van der Waals surface area contributed by atoms with Crippen LogP contribution in [0.5, 0.6) is 0 Å². The molecule has 1 saturated carbocycles. The second kappa shape index (κ2) is 9.93. The quantitative estimate of drug-likeness (QED) is 0.280. The molecule has 2 aliphatic heterocycles. The van der Waals surface area contributed by atoms with Crippen LogP contribution in [0.3, 0.4) is 0 Å². The SMILES string of the molecule is Cc1ccccc1-c1noc(C2CC2)c1CO[C@H]1C[C@H]2CC[C@@H](C1)N2c1ccc(-c2cc(C(=O)O)n(C)n2)cc1. The number of rotatable bonds is 8. The van der Waals surface area contributed by atoms with Gasteiger partial charge in [-0.1, -0.05) is 41.6 Å². The Kier molecular flexibility index (Phi) is 6.23. The van der Waals surface area contributed by atoms with Crippen molar-refractivity contribution in [3.8, 4) is 22.5 Å². The normalized spacial score (nSPS) is 22.1. The topological polar surface area (TPSA) is 93.6 Å². The summed E-state index contributed by atoms with van der Waals surface area (Å²) in [6.07, 6.45) is 6.89. The molecular weight excluding hydrogens is 504 g/mol. The minimum absolute atomic E-state index is 0.181. The molecule has 1 aliphatic carbocycles. The third kappa shape index (κ3) is 4.50. The monoisotopic (exact) mass is 538 g/mol. The summed E-state index contributed by atoms with van der Waals surface area (Å²) >= 11 is 0. The first-order valence-electron chi connectivity index (χ1n) is 14.3. The van der Waals surface area contributed by atoms with Crippen molar-refractivity contribution in [1.82, 2.24) is 14.9 Å². The van der Waals surface area contributed by atoms with Crippen LogP contribution in [0.25, 0.3) is 22.5 Å². The zero-order valence-corrected chi connectivity index (χ0v) is 22.9. The third-order valence-corrected chi connectivity index (χ3v) is 8.88. The molecule has 0 radical (unpaired) electrons.